The normalized spacial score (nSPS) is 11.3. The van der Waals surface area contributed by atoms with Crippen LogP contribution in [0.5, 0.6) is 0 Å². The Kier molecular flexibility index (Phi) is 7.33. The first-order valence-electron chi connectivity index (χ1n) is 8.41. The smallest absolute Gasteiger partial charge is 0.339 e. The van der Waals surface area contributed by atoms with E-state index < -0.39 is 5.97 Å². The first-order chi connectivity index (χ1) is 10.8. The molecule has 1 heterocycles. The van der Waals surface area contributed by atoms with Crippen molar-refractivity contribution in [3.8, 4) is 0 Å². The highest BCUT2D eigenvalue weighted by Crippen LogP contribution is 2.19. The second-order valence-electron chi connectivity index (χ2n) is 6.76. The van der Waals surface area contributed by atoms with Crippen molar-refractivity contribution in [3.05, 3.63) is 23.2 Å². The van der Waals surface area contributed by atoms with Crippen molar-refractivity contribution in [1.29, 1.82) is 0 Å². The zero-order valence-corrected chi connectivity index (χ0v) is 14.9. The monoisotopic (exact) mass is 323 g/mol. The number of nitrogens with zero attached hydrogens (tertiary/aromatic N) is 1. The van der Waals surface area contributed by atoms with Gasteiger partial charge in [0.05, 0.1) is 0 Å². The molecule has 0 bridgehead atoms. The molecule has 1 aromatic rings. The molecule has 0 spiro atoms. The highest BCUT2D eigenvalue weighted by Gasteiger charge is 2.24. The van der Waals surface area contributed by atoms with E-state index in [4.69, 9.17) is 4.42 Å². The van der Waals surface area contributed by atoms with Crippen LogP contribution in [0.3, 0.4) is 0 Å². The first kappa shape index (κ1) is 19.3. The minimum atomic E-state index is -1.06. The van der Waals surface area contributed by atoms with E-state index >= 15 is 0 Å². The average Bonchev–Trinajstić information content (AvgIpc) is 2.90. The Morgan fingerprint density at radius 1 is 1.13 bits per heavy atom. The molecule has 1 aromatic heterocycles. The molecular formula is C18H29NO4. The number of carboxylic acids is 1. The average molecular weight is 323 g/mol. The molecule has 0 aromatic carbocycles. The third-order valence-corrected chi connectivity index (χ3v) is 3.81. The zero-order chi connectivity index (χ0) is 17.6. The second kappa shape index (κ2) is 8.75. The van der Waals surface area contributed by atoms with Crippen molar-refractivity contribution in [3.63, 3.8) is 0 Å². The van der Waals surface area contributed by atoms with Crippen molar-refractivity contribution in [2.45, 2.75) is 53.9 Å². The molecule has 0 aliphatic carbocycles. The predicted octanol–water partition coefficient (Wildman–Crippen LogP) is 4.07. The van der Waals surface area contributed by atoms with Gasteiger partial charge in [0, 0.05) is 25.6 Å². The summed E-state index contributed by atoms with van der Waals surface area (Å²) in [5.41, 5.74) is 0.0866. The van der Waals surface area contributed by atoms with Crippen LogP contribution in [0.15, 0.2) is 10.5 Å². The molecule has 130 valence electrons. The lowest BCUT2D eigenvalue weighted by Crippen LogP contribution is -2.34. The Labute approximate surface area is 138 Å². The van der Waals surface area contributed by atoms with E-state index in [9.17, 15) is 14.7 Å². The molecule has 5 nitrogen and oxygen atoms in total. The molecule has 0 saturated heterocycles. The summed E-state index contributed by atoms with van der Waals surface area (Å²) >= 11 is 0. The van der Waals surface area contributed by atoms with E-state index in [2.05, 4.69) is 27.7 Å². The van der Waals surface area contributed by atoms with Gasteiger partial charge >= 0.3 is 5.97 Å². The van der Waals surface area contributed by atoms with Crippen molar-refractivity contribution < 1.29 is 19.1 Å². The van der Waals surface area contributed by atoms with Crippen molar-refractivity contribution in [1.82, 2.24) is 4.90 Å². The summed E-state index contributed by atoms with van der Waals surface area (Å²) in [5.74, 6) is 0.220. The van der Waals surface area contributed by atoms with Gasteiger partial charge in [-0.2, -0.15) is 0 Å². The van der Waals surface area contributed by atoms with Crippen LogP contribution in [0.2, 0.25) is 0 Å². The molecule has 5 heteroatoms. The number of carbonyl (C=O) groups excluding carboxylic acids is 1. The number of hydrogen-bond donors (Lipinski definition) is 1. The minimum absolute atomic E-state index is 0.0866. The SMILES string of the molecule is CCc1oc(C(=O)N(CCC(C)C)CCC(C)C)cc1C(=O)O. The predicted molar refractivity (Wildman–Crippen MR) is 89.9 cm³/mol. The summed E-state index contributed by atoms with van der Waals surface area (Å²) in [5, 5.41) is 9.20. The molecule has 1 amide bonds. The lowest BCUT2D eigenvalue weighted by atomic mass is 10.1. The zero-order valence-electron chi connectivity index (χ0n) is 14.9. The number of hydrogen-bond acceptors (Lipinski definition) is 3. The summed E-state index contributed by atoms with van der Waals surface area (Å²) in [6.07, 6.45) is 2.28. The number of aryl methyl sites for hydroxylation is 1. The Morgan fingerprint density at radius 2 is 1.65 bits per heavy atom. The van der Waals surface area contributed by atoms with E-state index in [0.29, 0.717) is 37.1 Å². The van der Waals surface area contributed by atoms with Gasteiger partial charge in [0.25, 0.3) is 5.91 Å². The van der Waals surface area contributed by atoms with Gasteiger partial charge in [-0.05, 0) is 24.7 Å². The van der Waals surface area contributed by atoms with Crippen LogP contribution in [0.1, 0.15) is 74.1 Å². The van der Waals surface area contributed by atoms with Crippen LogP contribution in [0, 0.1) is 11.8 Å². The van der Waals surface area contributed by atoms with Crippen molar-refractivity contribution >= 4 is 11.9 Å². The highest BCUT2D eigenvalue weighted by atomic mass is 16.4. The molecule has 23 heavy (non-hydrogen) atoms. The molecule has 1 N–H and O–H groups in total. The van der Waals surface area contributed by atoms with Crippen molar-refractivity contribution in [2.24, 2.45) is 11.8 Å². The number of amides is 1. The van der Waals surface area contributed by atoms with Gasteiger partial charge in [-0.25, -0.2) is 4.79 Å². The quantitative estimate of drug-likeness (QED) is 0.743. The Hall–Kier alpha value is -1.78. The van der Waals surface area contributed by atoms with E-state index in [1.165, 1.54) is 6.07 Å². The van der Waals surface area contributed by atoms with Gasteiger partial charge in [-0.15, -0.1) is 0 Å². The maximum atomic E-state index is 12.7. The lowest BCUT2D eigenvalue weighted by Gasteiger charge is -2.23. The second-order valence-corrected chi connectivity index (χ2v) is 6.76. The molecule has 0 saturated carbocycles. The Morgan fingerprint density at radius 3 is 2.00 bits per heavy atom. The van der Waals surface area contributed by atoms with Gasteiger partial charge < -0.3 is 14.4 Å². The van der Waals surface area contributed by atoms with Crippen LogP contribution >= 0.6 is 0 Å². The molecule has 0 radical (unpaired) electrons. The van der Waals surface area contributed by atoms with E-state index in [0.717, 1.165) is 12.8 Å². The van der Waals surface area contributed by atoms with Crippen molar-refractivity contribution in [2.75, 3.05) is 13.1 Å². The van der Waals surface area contributed by atoms with Crippen LogP contribution in [0.25, 0.3) is 0 Å². The fraction of sp³-hybridized carbons (Fsp3) is 0.667. The van der Waals surface area contributed by atoms with Crippen LogP contribution < -0.4 is 0 Å². The molecule has 1 rings (SSSR count). The van der Waals surface area contributed by atoms with E-state index in [1.807, 2.05) is 6.92 Å². The fourth-order valence-corrected chi connectivity index (χ4v) is 2.28. The topological polar surface area (TPSA) is 70.8 Å². The first-order valence-corrected chi connectivity index (χ1v) is 8.41. The molecule has 0 aliphatic heterocycles. The summed E-state index contributed by atoms with van der Waals surface area (Å²) in [7, 11) is 0. The third kappa shape index (κ3) is 5.73. The third-order valence-electron chi connectivity index (χ3n) is 3.81. The number of rotatable bonds is 9. The number of aromatic carboxylic acids is 1. The molecular weight excluding hydrogens is 294 g/mol. The van der Waals surface area contributed by atoms with Gasteiger partial charge in [0.2, 0.25) is 0 Å². The van der Waals surface area contributed by atoms with Gasteiger partial charge in [0.1, 0.15) is 11.3 Å². The number of furan rings is 1. The van der Waals surface area contributed by atoms with Crippen LogP contribution in [-0.4, -0.2) is 35.0 Å². The molecule has 0 unspecified atom stereocenters. The van der Waals surface area contributed by atoms with Gasteiger partial charge in [-0.1, -0.05) is 34.6 Å². The fourth-order valence-electron chi connectivity index (χ4n) is 2.28. The lowest BCUT2D eigenvalue weighted by molar-refractivity contribution is 0.0688. The standard InChI is InChI=1S/C18H29NO4/c1-6-15-14(18(21)22)11-16(23-15)17(20)19(9-7-12(2)3)10-8-13(4)5/h11-13H,6-10H2,1-5H3,(H,21,22). The summed E-state index contributed by atoms with van der Waals surface area (Å²) in [6, 6.07) is 1.36. The van der Waals surface area contributed by atoms with Crippen LogP contribution in [0.4, 0.5) is 0 Å². The van der Waals surface area contributed by atoms with Gasteiger partial charge in [0.15, 0.2) is 5.76 Å². The Balaban J connectivity index is 2.95. The molecule has 0 atom stereocenters. The van der Waals surface area contributed by atoms with Gasteiger partial charge in [-0.3, -0.25) is 4.79 Å². The highest BCUT2D eigenvalue weighted by molar-refractivity contribution is 5.96. The largest absolute Gasteiger partial charge is 0.478 e. The number of carboxylic acid groups (broad SMARTS) is 1. The minimum Gasteiger partial charge on any atom is -0.478 e. The maximum absolute atomic E-state index is 12.7. The summed E-state index contributed by atoms with van der Waals surface area (Å²) < 4.78 is 5.51. The summed E-state index contributed by atoms with van der Waals surface area (Å²) in [4.78, 5) is 25.7. The van der Waals surface area contributed by atoms with E-state index in [1.54, 1.807) is 4.90 Å². The number of carbonyl (C=O) groups is 2. The molecule has 0 aliphatic rings. The maximum Gasteiger partial charge on any atom is 0.339 e. The van der Waals surface area contributed by atoms with Crippen LogP contribution in [-0.2, 0) is 6.42 Å². The summed E-state index contributed by atoms with van der Waals surface area (Å²) in [6.45, 7) is 11.6. The van der Waals surface area contributed by atoms with E-state index in [-0.39, 0.29) is 17.2 Å². The molecule has 0 fully saturated rings. The Bertz CT molecular complexity index is 519.